The molecule has 0 aromatic rings. The molecule has 2 unspecified atom stereocenters. The van der Waals surface area contributed by atoms with Crippen LogP contribution < -0.4 is 5.32 Å². The van der Waals surface area contributed by atoms with Crippen LogP contribution in [0.5, 0.6) is 0 Å². The van der Waals surface area contributed by atoms with Crippen molar-refractivity contribution in [2.24, 2.45) is 11.8 Å². The van der Waals surface area contributed by atoms with E-state index in [2.05, 4.69) is 5.32 Å². The molecule has 1 rings (SSSR count). The van der Waals surface area contributed by atoms with E-state index in [9.17, 15) is 22.8 Å². The van der Waals surface area contributed by atoms with Crippen LogP contribution in [0.3, 0.4) is 0 Å². The molecule has 0 saturated carbocycles. The van der Waals surface area contributed by atoms with Crippen LogP contribution in [-0.4, -0.2) is 59.3 Å². The number of alkyl halides is 3. The number of carbonyl (C=O) groups excluding carboxylic acids is 1. The summed E-state index contributed by atoms with van der Waals surface area (Å²) >= 11 is 0.702. The van der Waals surface area contributed by atoms with Crippen LogP contribution >= 0.6 is 11.8 Å². The van der Waals surface area contributed by atoms with Crippen molar-refractivity contribution >= 4 is 23.8 Å². The van der Waals surface area contributed by atoms with Gasteiger partial charge in [0.05, 0.1) is 11.7 Å². The van der Waals surface area contributed by atoms with Gasteiger partial charge in [-0.3, -0.25) is 4.79 Å². The molecule has 2 amide bonds. The highest BCUT2D eigenvalue weighted by molar-refractivity contribution is 7.99. The Labute approximate surface area is 125 Å². The van der Waals surface area contributed by atoms with E-state index in [-0.39, 0.29) is 24.8 Å². The number of carboxylic acids is 1. The first-order chi connectivity index (χ1) is 9.69. The number of rotatable bonds is 5. The number of hydrogen-bond donors (Lipinski definition) is 2. The Morgan fingerprint density at radius 3 is 2.62 bits per heavy atom. The lowest BCUT2D eigenvalue weighted by Crippen LogP contribution is -2.49. The van der Waals surface area contributed by atoms with Crippen LogP contribution in [-0.2, 0) is 4.79 Å². The summed E-state index contributed by atoms with van der Waals surface area (Å²) < 4.78 is 35.8. The standard InChI is InChI=1S/C12H19F3N2O3S/c1-8-4-9(10(18)19)6-17(5-8)11(20)16-2-3-21-7-12(13,14)15/h8-9H,2-7H2,1H3,(H,16,20)(H,18,19). The van der Waals surface area contributed by atoms with Crippen LogP contribution in [0.2, 0.25) is 0 Å². The van der Waals surface area contributed by atoms with Crippen molar-refractivity contribution in [3.8, 4) is 0 Å². The molecule has 9 heteroatoms. The predicted octanol–water partition coefficient (Wildman–Crippen LogP) is 2.03. The number of piperidine rings is 1. The van der Waals surface area contributed by atoms with Crippen LogP contribution in [0.1, 0.15) is 13.3 Å². The Morgan fingerprint density at radius 2 is 2.05 bits per heavy atom. The zero-order valence-corrected chi connectivity index (χ0v) is 12.5. The smallest absolute Gasteiger partial charge is 0.397 e. The van der Waals surface area contributed by atoms with Crippen LogP contribution in [0.15, 0.2) is 0 Å². The Kier molecular flexibility index (Phi) is 6.63. The highest BCUT2D eigenvalue weighted by Gasteiger charge is 2.31. The molecule has 2 atom stereocenters. The summed E-state index contributed by atoms with van der Waals surface area (Å²) in [5.41, 5.74) is 0. The number of thioether (sulfide) groups is 1. The zero-order chi connectivity index (χ0) is 16.0. The molecule has 1 saturated heterocycles. The summed E-state index contributed by atoms with van der Waals surface area (Å²) in [6, 6.07) is -0.416. The fourth-order valence-corrected chi connectivity index (χ4v) is 2.85. The summed E-state index contributed by atoms with van der Waals surface area (Å²) in [4.78, 5) is 24.3. The first-order valence-corrected chi connectivity index (χ1v) is 7.74. The van der Waals surface area contributed by atoms with E-state index in [1.54, 1.807) is 0 Å². The minimum atomic E-state index is -4.20. The lowest BCUT2D eigenvalue weighted by molar-refractivity contribution is -0.143. The van der Waals surface area contributed by atoms with Crippen molar-refractivity contribution in [1.82, 2.24) is 10.2 Å². The molecule has 1 heterocycles. The lowest BCUT2D eigenvalue weighted by atomic mass is 9.91. The summed E-state index contributed by atoms with van der Waals surface area (Å²) in [5, 5.41) is 11.5. The summed E-state index contributed by atoms with van der Waals surface area (Å²) in [5.74, 6) is -2.20. The quantitative estimate of drug-likeness (QED) is 0.758. The number of likely N-dealkylation sites (tertiary alicyclic amines) is 1. The predicted molar refractivity (Wildman–Crippen MR) is 73.3 cm³/mol. The number of amides is 2. The van der Waals surface area contributed by atoms with Crippen LogP contribution in [0, 0.1) is 11.8 Å². The molecule has 0 aliphatic carbocycles. The second-order valence-electron chi connectivity index (χ2n) is 5.18. The average Bonchev–Trinajstić information content (AvgIpc) is 2.35. The normalized spacial score (nSPS) is 23.0. The van der Waals surface area contributed by atoms with E-state index < -0.39 is 29.8 Å². The minimum Gasteiger partial charge on any atom is -0.481 e. The highest BCUT2D eigenvalue weighted by atomic mass is 32.2. The molecular formula is C12H19F3N2O3S. The fourth-order valence-electron chi connectivity index (χ4n) is 2.23. The number of aliphatic carboxylic acids is 1. The molecule has 0 bridgehead atoms. The molecular weight excluding hydrogens is 309 g/mol. The van der Waals surface area contributed by atoms with E-state index in [0.29, 0.717) is 24.7 Å². The topological polar surface area (TPSA) is 69.6 Å². The summed E-state index contributed by atoms with van der Waals surface area (Å²) in [7, 11) is 0. The van der Waals surface area contributed by atoms with Gasteiger partial charge in [0, 0.05) is 25.4 Å². The number of halogens is 3. The molecule has 5 nitrogen and oxygen atoms in total. The van der Waals surface area contributed by atoms with Gasteiger partial charge in [0.1, 0.15) is 0 Å². The minimum absolute atomic E-state index is 0.0882. The van der Waals surface area contributed by atoms with Gasteiger partial charge >= 0.3 is 18.2 Å². The van der Waals surface area contributed by atoms with Gasteiger partial charge in [0.15, 0.2) is 0 Å². The number of nitrogens with zero attached hydrogens (tertiary/aromatic N) is 1. The molecule has 21 heavy (non-hydrogen) atoms. The third-order valence-corrected chi connectivity index (χ3v) is 4.11. The average molecular weight is 328 g/mol. The van der Waals surface area contributed by atoms with Crippen molar-refractivity contribution in [1.29, 1.82) is 0 Å². The maximum Gasteiger partial charge on any atom is 0.397 e. The second kappa shape index (κ2) is 7.77. The van der Waals surface area contributed by atoms with Gasteiger partial charge in [0.2, 0.25) is 0 Å². The maximum atomic E-state index is 11.9. The Morgan fingerprint density at radius 1 is 1.38 bits per heavy atom. The molecule has 122 valence electrons. The Bertz CT molecular complexity index is 379. The van der Waals surface area contributed by atoms with Gasteiger partial charge in [0.25, 0.3) is 0 Å². The zero-order valence-electron chi connectivity index (χ0n) is 11.7. The fraction of sp³-hybridized carbons (Fsp3) is 0.833. The molecule has 1 aliphatic heterocycles. The third-order valence-electron chi connectivity index (χ3n) is 3.08. The van der Waals surface area contributed by atoms with Gasteiger partial charge in [-0.25, -0.2) is 4.79 Å². The van der Waals surface area contributed by atoms with Crippen LogP contribution in [0.4, 0.5) is 18.0 Å². The first-order valence-electron chi connectivity index (χ1n) is 6.59. The van der Waals surface area contributed by atoms with E-state index in [0.717, 1.165) is 0 Å². The molecule has 0 aromatic carbocycles. The highest BCUT2D eigenvalue weighted by Crippen LogP contribution is 2.22. The molecule has 0 aromatic heterocycles. The van der Waals surface area contributed by atoms with Gasteiger partial charge in [-0.1, -0.05) is 6.92 Å². The molecule has 2 N–H and O–H groups in total. The van der Waals surface area contributed by atoms with Crippen molar-refractivity contribution in [2.45, 2.75) is 19.5 Å². The van der Waals surface area contributed by atoms with E-state index in [4.69, 9.17) is 5.11 Å². The number of hydrogen-bond acceptors (Lipinski definition) is 3. The van der Waals surface area contributed by atoms with Crippen molar-refractivity contribution < 1.29 is 27.9 Å². The molecule has 1 fully saturated rings. The number of carboxylic acid groups (broad SMARTS) is 1. The van der Waals surface area contributed by atoms with E-state index in [1.165, 1.54) is 4.90 Å². The van der Waals surface area contributed by atoms with Crippen molar-refractivity contribution in [2.75, 3.05) is 31.1 Å². The molecule has 0 radical (unpaired) electrons. The van der Waals surface area contributed by atoms with E-state index >= 15 is 0 Å². The summed E-state index contributed by atoms with van der Waals surface area (Å²) in [6.07, 6.45) is -3.67. The van der Waals surface area contributed by atoms with Crippen LogP contribution in [0.25, 0.3) is 0 Å². The Hall–Kier alpha value is -1.12. The SMILES string of the molecule is CC1CC(C(=O)O)CN(C(=O)NCCSCC(F)(F)F)C1. The van der Waals surface area contributed by atoms with E-state index in [1.807, 2.05) is 6.92 Å². The Balaban J connectivity index is 2.29. The number of carbonyl (C=O) groups is 2. The first kappa shape index (κ1) is 17.9. The lowest BCUT2D eigenvalue weighted by Gasteiger charge is -2.34. The summed E-state index contributed by atoms with van der Waals surface area (Å²) in [6.45, 7) is 2.60. The van der Waals surface area contributed by atoms with Gasteiger partial charge in [-0.15, -0.1) is 0 Å². The third kappa shape index (κ3) is 6.92. The van der Waals surface area contributed by atoms with Crippen molar-refractivity contribution in [3.05, 3.63) is 0 Å². The number of urea groups is 1. The van der Waals surface area contributed by atoms with Crippen molar-refractivity contribution in [3.63, 3.8) is 0 Å². The van der Waals surface area contributed by atoms with Gasteiger partial charge in [-0.05, 0) is 12.3 Å². The second-order valence-corrected chi connectivity index (χ2v) is 6.29. The van der Waals surface area contributed by atoms with Gasteiger partial charge < -0.3 is 15.3 Å². The maximum absolute atomic E-state index is 11.9. The number of nitrogens with one attached hydrogen (secondary N) is 1. The molecule has 1 aliphatic rings. The van der Waals surface area contributed by atoms with Gasteiger partial charge in [-0.2, -0.15) is 24.9 Å². The molecule has 0 spiro atoms. The largest absolute Gasteiger partial charge is 0.481 e. The monoisotopic (exact) mass is 328 g/mol.